The smallest absolute Gasteiger partial charge is 0.305 e. The van der Waals surface area contributed by atoms with Crippen LogP contribution in [-0.4, -0.2) is 102 Å². The number of carboxylic acid groups (broad SMARTS) is 1. The summed E-state index contributed by atoms with van der Waals surface area (Å²) in [4.78, 5) is 101. The van der Waals surface area contributed by atoms with Gasteiger partial charge in [0.1, 0.15) is 24.2 Å². The van der Waals surface area contributed by atoms with Crippen molar-refractivity contribution in [1.29, 1.82) is 0 Å². The van der Waals surface area contributed by atoms with Gasteiger partial charge in [0.15, 0.2) is 11.9 Å². The van der Waals surface area contributed by atoms with Crippen LogP contribution in [0.5, 0.6) is 0 Å². The molecule has 0 saturated heterocycles. The SMILES string of the molecule is CCC(C)CNC(=O)[C@H](CCCN=C(N)N)NC(=O)[C@H](CC(=O)O)NC(=O)[C@@H](NC(=O)[C@H](CCCN=C(N)N)NC(=O)Cc1ccc(NC(=O)c2ccc3ccccc3c2)cc1)C(C)CC. The molecule has 3 aromatic rings. The van der Waals surface area contributed by atoms with E-state index in [9.17, 15) is 38.7 Å². The lowest BCUT2D eigenvalue weighted by atomic mass is 9.96. The normalized spacial score (nSPS) is 13.6. The molecule has 15 N–H and O–H groups in total. The second-order valence-electron chi connectivity index (χ2n) is 16.3. The van der Waals surface area contributed by atoms with Crippen LogP contribution in [0.25, 0.3) is 10.8 Å². The number of aliphatic carboxylic acids is 1. The van der Waals surface area contributed by atoms with Gasteiger partial charge < -0.3 is 59.9 Å². The molecule has 358 valence electrons. The Hall–Kier alpha value is -7.25. The van der Waals surface area contributed by atoms with E-state index in [1.807, 2.05) is 44.2 Å². The van der Waals surface area contributed by atoms with E-state index in [0.29, 0.717) is 36.2 Å². The van der Waals surface area contributed by atoms with Crippen molar-refractivity contribution in [2.24, 2.45) is 44.8 Å². The highest BCUT2D eigenvalue weighted by Gasteiger charge is 2.34. The Bertz CT molecular complexity index is 2190. The van der Waals surface area contributed by atoms with Crippen LogP contribution in [-0.2, 0) is 35.2 Å². The lowest BCUT2D eigenvalue weighted by Gasteiger charge is -2.28. The Balaban J connectivity index is 1.75. The molecule has 0 saturated carbocycles. The molecule has 0 aliphatic rings. The van der Waals surface area contributed by atoms with Crippen LogP contribution < -0.4 is 54.8 Å². The van der Waals surface area contributed by atoms with Gasteiger partial charge >= 0.3 is 5.97 Å². The molecule has 0 radical (unpaired) electrons. The second kappa shape index (κ2) is 27.2. The van der Waals surface area contributed by atoms with Crippen molar-refractivity contribution in [2.45, 2.75) is 103 Å². The van der Waals surface area contributed by atoms with Gasteiger partial charge in [-0.25, -0.2) is 0 Å². The summed E-state index contributed by atoms with van der Waals surface area (Å²) in [6.45, 7) is 8.00. The van der Waals surface area contributed by atoms with E-state index in [1.54, 1.807) is 50.2 Å². The van der Waals surface area contributed by atoms with Gasteiger partial charge in [0.25, 0.3) is 5.91 Å². The Morgan fingerprint density at radius 1 is 0.652 bits per heavy atom. The summed E-state index contributed by atoms with van der Waals surface area (Å²) in [5.74, 6) is -5.95. The number of nitrogens with one attached hydrogen (secondary N) is 6. The number of hydrogen-bond acceptors (Lipinski definition) is 9. The minimum Gasteiger partial charge on any atom is -0.481 e. The fourth-order valence-corrected chi connectivity index (χ4v) is 6.63. The maximum absolute atomic E-state index is 14.0. The number of anilines is 1. The molecule has 0 aromatic heterocycles. The van der Waals surface area contributed by atoms with Gasteiger partial charge in [-0.3, -0.25) is 43.5 Å². The van der Waals surface area contributed by atoms with Crippen LogP contribution >= 0.6 is 0 Å². The summed E-state index contributed by atoms with van der Waals surface area (Å²) in [7, 11) is 0. The highest BCUT2D eigenvalue weighted by atomic mass is 16.4. The average molecular weight is 915 g/mol. The number of aliphatic imine (C=N–C) groups is 2. The lowest BCUT2D eigenvalue weighted by molar-refractivity contribution is -0.141. The van der Waals surface area contributed by atoms with E-state index < -0.39 is 72.0 Å². The maximum Gasteiger partial charge on any atom is 0.305 e. The van der Waals surface area contributed by atoms with Gasteiger partial charge in [0.2, 0.25) is 29.5 Å². The number of guanidine groups is 2. The highest BCUT2D eigenvalue weighted by Crippen LogP contribution is 2.18. The third-order valence-corrected chi connectivity index (χ3v) is 10.9. The zero-order valence-corrected chi connectivity index (χ0v) is 38.1. The maximum atomic E-state index is 14.0. The van der Waals surface area contributed by atoms with E-state index in [1.165, 1.54) is 0 Å². The van der Waals surface area contributed by atoms with Gasteiger partial charge in [-0.05, 0) is 78.1 Å². The molecule has 2 unspecified atom stereocenters. The van der Waals surface area contributed by atoms with E-state index in [-0.39, 0.29) is 62.5 Å². The number of fused-ring (bicyclic) bond motifs is 1. The van der Waals surface area contributed by atoms with E-state index in [2.05, 4.69) is 41.9 Å². The number of nitrogens with two attached hydrogens (primary N) is 4. The molecule has 0 aliphatic heterocycles. The van der Waals surface area contributed by atoms with Crippen molar-refractivity contribution >= 4 is 69.8 Å². The van der Waals surface area contributed by atoms with Crippen molar-refractivity contribution < 1.29 is 38.7 Å². The first-order valence-corrected chi connectivity index (χ1v) is 22.1. The largest absolute Gasteiger partial charge is 0.481 e. The van der Waals surface area contributed by atoms with Crippen molar-refractivity contribution in [3.05, 3.63) is 77.9 Å². The van der Waals surface area contributed by atoms with Crippen molar-refractivity contribution in [2.75, 3.05) is 25.0 Å². The summed E-state index contributed by atoms with van der Waals surface area (Å²) in [6.07, 6.45) is 0.916. The van der Waals surface area contributed by atoms with Gasteiger partial charge in [-0.2, -0.15) is 0 Å². The number of rotatable bonds is 27. The first-order chi connectivity index (χ1) is 31.4. The average Bonchev–Trinajstić information content (AvgIpc) is 3.28. The van der Waals surface area contributed by atoms with Crippen LogP contribution in [0.4, 0.5) is 5.69 Å². The molecule has 6 atom stereocenters. The van der Waals surface area contributed by atoms with Gasteiger partial charge in [0.05, 0.1) is 12.8 Å². The Morgan fingerprint density at radius 3 is 1.80 bits per heavy atom. The van der Waals surface area contributed by atoms with Gasteiger partial charge in [0, 0.05) is 30.9 Å². The minimum absolute atomic E-state index is 0.0661. The Morgan fingerprint density at radius 2 is 1.23 bits per heavy atom. The predicted octanol–water partition coefficient (Wildman–Crippen LogP) is 1.36. The summed E-state index contributed by atoms with van der Waals surface area (Å²) >= 11 is 0. The molecular formula is C46H66N12O8. The molecule has 0 fully saturated rings. The fraction of sp³-hybridized carbons (Fsp3) is 0.457. The number of carbonyl (C=O) groups is 7. The topological polar surface area (TPSA) is 341 Å². The zero-order valence-electron chi connectivity index (χ0n) is 38.1. The summed E-state index contributed by atoms with van der Waals surface area (Å²) < 4.78 is 0. The first-order valence-electron chi connectivity index (χ1n) is 22.1. The molecule has 0 heterocycles. The molecule has 0 bridgehead atoms. The summed E-state index contributed by atoms with van der Waals surface area (Å²) in [6, 6.07) is 14.6. The van der Waals surface area contributed by atoms with Crippen LogP contribution in [0.1, 0.15) is 88.6 Å². The molecule has 3 aromatic carbocycles. The number of amides is 6. The number of nitrogens with zero attached hydrogens (tertiary/aromatic N) is 2. The van der Waals surface area contributed by atoms with E-state index in [4.69, 9.17) is 22.9 Å². The van der Waals surface area contributed by atoms with Crippen LogP contribution in [0, 0.1) is 11.8 Å². The quantitative estimate of drug-likeness (QED) is 0.0294. The first kappa shape index (κ1) is 53.1. The molecule has 20 nitrogen and oxygen atoms in total. The third-order valence-electron chi connectivity index (χ3n) is 10.9. The van der Waals surface area contributed by atoms with Crippen molar-refractivity contribution in [3.63, 3.8) is 0 Å². The predicted molar refractivity (Wildman–Crippen MR) is 254 cm³/mol. The second-order valence-corrected chi connectivity index (χ2v) is 16.3. The van der Waals surface area contributed by atoms with Crippen molar-refractivity contribution in [1.82, 2.24) is 26.6 Å². The lowest BCUT2D eigenvalue weighted by Crippen LogP contribution is -2.60. The van der Waals surface area contributed by atoms with Crippen LogP contribution in [0.2, 0.25) is 0 Å². The number of carboxylic acids is 1. The van der Waals surface area contributed by atoms with Crippen molar-refractivity contribution in [3.8, 4) is 0 Å². The fourth-order valence-electron chi connectivity index (χ4n) is 6.63. The molecule has 0 aliphatic carbocycles. The number of benzene rings is 3. The minimum atomic E-state index is -1.64. The monoisotopic (exact) mass is 915 g/mol. The summed E-state index contributed by atoms with van der Waals surface area (Å²) in [5, 5.41) is 27.8. The molecule has 3 rings (SSSR count). The van der Waals surface area contributed by atoms with Gasteiger partial charge in [-0.1, -0.05) is 83.0 Å². The standard InChI is InChI=1S/C46H66N12O8/c1-5-27(3)26-53-41(63)34(13-9-21-51-45(47)48)56-43(65)36(25-38(60)61)57-44(66)39(28(4)6-2)58-42(64)35(14-10-22-52-46(49)50)55-37(59)23-29-15-19-33(20-16-29)54-40(62)32-18-17-30-11-7-8-12-31(30)24-32/h7-8,11-12,15-20,24,27-28,34-36,39H,5-6,9-10,13-14,21-23,25-26H2,1-4H3,(H,53,63)(H,54,62)(H,55,59)(H,56,65)(H,57,66)(H,58,64)(H,60,61)(H4,47,48,51)(H4,49,50,52)/t27?,28?,34-,35-,36-,39-/m0/s1. The third kappa shape index (κ3) is 18.5. The van der Waals surface area contributed by atoms with E-state index in [0.717, 1.165) is 17.2 Å². The zero-order chi connectivity index (χ0) is 48.8. The Kier molecular flexibility index (Phi) is 21.8. The Labute approximate surface area is 384 Å². The van der Waals surface area contributed by atoms with Gasteiger partial charge in [-0.15, -0.1) is 0 Å². The molecular weight excluding hydrogens is 849 g/mol. The summed E-state index contributed by atoms with van der Waals surface area (Å²) in [5.41, 5.74) is 23.4. The number of carbonyl (C=O) groups excluding carboxylic acids is 6. The molecule has 66 heavy (non-hydrogen) atoms. The molecule has 6 amide bonds. The number of hydrogen-bond donors (Lipinski definition) is 11. The van der Waals surface area contributed by atoms with Crippen LogP contribution in [0.3, 0.4) is 0 Å². The van der Waals surface area contributed by atoms with E-state index >= 15 is 0 Å². The molecule has 20 heteroatoms. The highest BCUT2D eigenvalue weighted by molar-refractivity contribution is 6.06. The molecule has 0 spiro atoms. The van der Waals surface area contributed by atoms with Crippen LogP contribution in [0.15, 0.2) is 76.7 Å².